The molecule has 6 nitrogen and oxygen atoms in total. The minimum atomic E-state index is -1.88. The van der Waals surface area contributed by atoms with E-state index in [1.54, 1.807) is 0 Å². The van der Waals surface area contributed by atoms with Crippen LogP contribution < -0.4 is 9.44 Å². The summed E-state index contributed by atoms with van der Waals surface area (Å²) in [6, 6.07) is 0.480. The zero-order chi connectivity index (χ0) is 20.9. The highest BCUT2D eigenvalue weighted by atomic mass is 32.2. The van der Waals surface area contributed by atoms with Crippen LogP contribution in [0.3, 0.4) is 0 Å². The summed E-state index contributed by atoms with van der Waals surface area (Å²) in [5.74, 6) is 4.90. The smallest absolute Gasteiger partial charge is 0.0973 e. The van der Waals surface area contributed by atoms with Crippen LogP contribution in [0.5, 0.6) is 0 Å². The predicted molar refractivity (Wildman–Crippen MR) is 126 cm³/mol. The first-order chi connectivity index (χ1) is 12.2. The summed E-state index contributed by atoms with van der Waals surface area (Å²) in [5, 5.41) is 0. The molecule has 0 saturated carbocycles. The maximum Gasteiger partial charge on any atom is 0.0973 e. The molecular weight excluding hydrogens is 416 g/mol. The molecule has 28 heavy (non-hydrogen) atoms. The van der Waals surface area contributed by atoms with Crippen LogP contribution in [0.4, 0.5) is 0 Å². The zero-order valence-electron chi connectivity index (χ0n) is 17.7. The Hall–Kier alpha value is 0.200. The van der Waals surface area contributed by atoms with E-state index in [0.29, 0.717) is 17.5 Å². The summed E-state index contributed by atoms with van der Waals surface area (Å²) in [5.41, 5.74) is 0. The first-order valence-corrected chi connectivity index (χ1v) is 13.8. The van der Waals surface area contributed by atoms with Gasteiger partial charge < -0.3 is 4.74 Å². The predicted octanol–water partition coefficient (Wildman–Crippen LogP) is 2.38. The molecule has 0 radical (unpaired) electrons. The lowest BCUT2D eigenvalue weighted by atomic mass is 10.1. The molecule has 2 heterocycles. The molecule has 170 valence electrons. The summed E-state index contributed by atoms with van der Waals surface area (Å²) in [6.45, 7) is 13.3. The van der Waals surface area contributed by atoms with Gasteiger partial charge in [-0.25, -0.2) is 17.9 Å². The van der Waals surface area contributed by atoms with Crippen molar-refractivity contribution >= 4 is 37.4 Å². The van der Waals surface area contributed by atoms with E-state index in [-0.39, 0.29) is 23.0 Å². The van der Waals surface area contributed by atoms with Gasteiger partial charge in [0.2, 0.25) is 0 Å². The van der Waals surface area contributed by atoms with Crippen molar-refractivity contribution in [3.05, 3.63) is 0 Å². The third kappa shape index (κ3) is 10.8. The molecule has 2 rings (SSSR count). The van der Waals surface area contributed by atoms with Crippen molar-refractivity contribution in [3.8, 4) is 0 Å². The Morgan fingerprint density at radius 2 is 1.32 bits per heavy atom. The molecule has 2 fully saturated rings. The van der Waals surface area contributed by atoms with E-state index in [9.17, 15) is 12.6 Å². The first kappa shape index (κ1) is 28.2. The molecule has 0 amide bonds. The third-order valence-corrected chi connectivity index (χ3v) is 9.53. The fourth-order valence-electron chi connectivity index (χ4n) is 2.46. The highest BCUT2D eigenvalue weighted by Gasteiger charge is 2.28. The van der Waals surface area contributed by atoms with Gasteiger partial charge in [0, 0.05) is 36.8 Å². The van der Waals surface area contributed by atoms with E-state index < -0.39 is 31.5 Å². The van der Waals surface area contributed by atoms with E-state index in [0.717, 1.165) is 32.5 Å². The monoisotopic (exact) mass is 458 g/mol. The maximum absolute atomic E-state index is 11.7. The average molecular weight is 459 g/mol. The Balaban J connectivity index is 0.000000504. The molecular formula is C19H42N2O4S3. The van der Waals surface area contributed by atoms with E-state index in [1.807, 2.05) is 41.5 Å². The van der Waals surface area contributed by atoms with Crippen LogP contribution in [0.15, 0.2) is 0 Å². The number of rotatable bonds is 4. The number of hydrogen-bond donors (Lipinski definition) is 2. The fraction of sp³-hybridized carbons (Fsp3) is 0.947. The van der Waals surface area contributed by atoms with Crippen molar-refractivity contribution < 1.29 is 17.4 Å². The molecule has 2 aliphatic heterocycles. The van der Waals surface area contributed by atoms with Crippen molar-refractivity contribution in [2.75, 3.05) is 24.7 Å². The molecule has 0 aromatic carbocycles. The molecule has 0 aliphatic carbocycles. The normalized spacial score (nSPS) is 28.6. The van der Waals surface area contributed by atoms with Gasteiger partial charge in [-0.1, -0.05) is 7.43 Å². The standard InChI is InChI=1S/C9H19NO2S2.C9H19NO2S.CH4/c1-9(2,3)13(11)10-8-5-6-14(4,12)7-8;1-9(2,3)13(11)10-8-4-6-12-7-5-8;/h8,10H,4-7H2,1-3H3;8,10H,4-7H2,1-3H3;1H4. The van der Waals surface area contributed by atoms with Gasteiger partial charge >= 0.3 is 0 Å². The van der Waals surface area contributed by atoms with Crippen molar-refractivity contribution in [2.45, 2.75) is 89.8 Å². The van der Waals surface area contributed by atoms with Crippen LogP contribution in [-0.2, 0) is 36.2 Å². The van der Waals surface area contributed by atoms with Crippen LogP contribution in [0.1, 0.15) is 68.2 Å². The second-order valence-corrected chi connectivity index (χ2v) is 15.9. The SMILES string of the molecule is C.C=S1(=O)CCC(NS(=O)C(C)(C)C)C1.CC(C)(C)S(=O)NC1CCOCC1. The molecule has 0 aromatic rings. The number of nitrogens with one attached hydrogen (secondary N) is 2. The van der Waals surface area contributed by atoms with Gasteiger partial charge in [-0.2, -0.15) is 0 Å². The van der Waals surface area contributed by atoms with Crippen molar-refractivity contribution in [3.63, 3.8) is 0 Å². The van der Waals surface area contributed by atoms with Crippen LogP contribution in [-0.4, -0.2) is 64.8 Å². The highest BCUT2D eigenvalue weighted by molar-refractivity contribution is 8.00. The van der Waals surface area contributed by atoms with Gasteiger partial charge in [0.05, 0.1) is 31.5 Å². The van der Waals surface area contributed by atoms with Gasteiger partial charge in [0.1, 0.15) is 0 Å². The lowest BCUT2D eigenvalue weighted by Gasteiger charge is -2.26. The topological polar surface area (TPSA) is 84.5 Å². The summed E-state index contributed by atoms with van der Waals surface area (Å²) in [6.07, 6.45) is 2.77. The lowest BCUT2D eigenvalue weighted by molar-refractivity contribution is 0.0834. The largest absolute Gasteiger partial charge is 0.381 e. The Morgan fingerprint density at radius 3 is 1.68 bits per heavy atom. The summed E-state index contributed by atoms with van der Waals surface area (Å²) in [4.78, 5) is 0. The van der Waals surface area contributed by atoms with E-state index in [2.05, 4.69) is 15.3 Å². The maximum atomic E-state index is 11.7. The van der Waals surface area contributed by atoms with Crippen LogP contribution >= 0.6 is 0 Å². The fourth-order valence-corrected chi connectivity index (χ4v) is 6.17. The quantitative estimate of drug-likeness (QED) is 0.634. The van der Waals surface area contributed by atoms with Crippen molar-refractivity contribution in [2.24, 2.45) is 0 Å². The van der Waals surface area contributed by atoms with Gasteiger partial charge in [0.15, 0.2) is 0 Å². The van der Waals surface area contributed by atoms with Crippen LogP contribution in [0, 0.1) is 0 Å². The molecule has 9 heteroatoms. The van der Waals surface area contributed by atoms with E-state index >= 15 is 0 Å². The molecule has 0 aromatic heterocycles. The Kier molecular flexibility index (Phi) is 11.6. The molecule has 4 unspecified atom stereocenters. The van der Waals surface area contributed by atoms with Crippen LogP contribution in [0.2, 0.25) is 0 Å². The second kappa shape index (κ2) is 11.6. The molecule has 2 saturated heterocycles. The second-order valence-electron chi connectivity index (χ2n) is 9.21. The first-order valence-electron chi connectivity index (χ1n) is 9.47. The van der Waals surface area contributed by atoms with E-state index in [1.165, 1.54) is 0 Å². The highest BCUT2D eigenvalue weighted by Crippen LogP contribution is 2.16. The number of hydrogen-bond acceptors (Lipinski definition) is 4. The van der Waals surface area contributed by atoms with Crippen molar-refractivity contribution in [1.29, 1.82) is 0 Å². The minimum Gasteiger partial charge on any atom is -0.381 e. The molecule has 4 atom stereocenters. The summed E-state index contributed by atoms with van der Waals surface area (Å²) < 4.78 is 46.0. The Morgan fingerprint density at radius 1 is 0.893 bits per heavy atom. The molecule has 0 bridgehead atoms. The van der Waals surface area contributed by atoms with Gasteiger partial charge in [-0.3, -0.25) is 4.21 Å². The van der Waals surface area contributed by atoms with Gasteiger partial charge in [0.25, 0.3) is 0 Å². The molecule has 2 N–H and O–H groups in total. The Bertz CT molecular complexity index is 616. The number of ether oxygens (including phenoxy) is 1. The summed E-state index contributed by atoms with van der Waals surface area (Å²) >= 11 is 0. The lowest BCUT2D eigenvalue weighted by Crippen LogP contribution is -2.42. The summed E-state index contributed by atoms with van der Waals surface area (Å²) in [7, 11) is -3.89. The molecule has 2 aliphatic rings. The average Bonchev–Trinajstić information content (AvgIpc) is 2.86. The Labute approximate surface area is 178 Å². The van der Waals surface area contributed by atoms with Crippen molar-refractivity contribution in [1.82, 2.24) is 9.44 Å². The third-order valence-electron chi connectivity index (χ3n) is 4.22. The molecule has 0 spiro atoms. The minimum absolute atomic E-state index is 0. The zero-order valence-corrected chi connectivity index (χ0v) is 20.1. The van der Waals surface area contributed by atoms with Gasteiger partial charge in [-0.05, 0) is 76.2 Å². The van der Waals surface area contributed by atoms with Gasteiger partial charge in [-0.15, -0.1) is 0 Å². The van der Waals surface area contributed by atoms with Crippen LogP contribution in [0.25, 0.3) is 0 Å². The van der Waals surface area contributed by atoms with E-state index in [4.69, 9.17) is 4.74 Å².